The van der Waals surface area contributed by atoms with E-state index in [-0.39, 0.29) is 18.4 Å². The molecule has 0 aliphatic carbocycles. The molecule has 5 nitrogen and oxygen atoms in total. The molecule has 2 rings (SSSR count). The Balaban J connectivity index is 2.09. The van der Waals surface area contributed by atoms with Crippen LogP contribution in [0.4, 0.5) is 0 Å². The maximum Gasteiger partial charge on any atom is 0.261 e. The number of hydrogen-bond acceptors (Lipinski definition) is 3. The van der Waals surface area contributed by atoms with Crippen LogP contribution in [-0.2, 0) is 16.0 Å². The van der Waals surface area contributed by atoms with Crippen molar-refractivity contribution in [1.29, 1.82) is 0 Å². The largest absolute Gasteiger partial charge is 0.484 e. The minimum absolute atomic E-state index is 0.126. The standard InChI is InChI=1S/C24H31ClN2O3/c1-4-22(24(29)26-16-18(2)3)27(15-14-19-8-6-5-7-9-19)23(28)17-30-21-12-10-20(25)11-13-21/h5-13,18,22H,4,14-17H2,1-3H3,(H,26,29)/t22-/m1/s1. The van der Waals surface area contributed by atoms with Crippen molar-refractivity contribution in [2.75, 3.05) is 19.7 Å². The molecule has 0 bridgehead atoms. The summed E-state index contributed by atoms with van der Waals surface area (Å²) in [4.78, 5) is 27.5. The summed E-state index contributed by atoms with van der Waals surface area (Å²) in [5, 5.41) is 3.56. The fourth-order valence-corrected chi connectivity index (χ4v) is 3.20. The molecule has 30 heavy (non-hydrogen) atoms. The molecule has 2 aromatic carbocycles. The lowest BCUT2D eigenvalue weighted by Gasteiger charge is -2.30. The third-order valence-corrected chi connectivity index (χ3v) is 4.98. The first kappa shape index (κ1) is 23.7. The fraction of sp³-hybridized carbons (Fsp3) is 0.417. The topological polar surface area (TPSA) is 58.6 Å². The molecule has 6 heteroatoms. The van der Waals surface area contributed by atoms with Gasteiger partial charge in [0.1, 0.15) is 11.8 Å². The van der Waals surface area contributed by atoms with E-state index in [0.29, 0.717) is 42.6 Å². The number of amides is 2. The minimum atomic E-state index is -0.534. The number of rotatable bonds is 11. The number of halogens is 1. The number of benzene rings is 2. The molecule has 162 valence electrons. The molecule has 0 aliphatic rings. The van der Waals surface area contributed by atoms with Crippen LogP contribution in [0.1, 0.15) is 32.8 Å². The maximum atomic E-state index is 13.0. The van der Waals surface area contributed by atoms with Gasteiger partial charge in [0.2, 0.25) is 5.91 Å². The van der Waals surface area contributed by atoms with E-state index >= 15 is 0 Å². The third-order valence-electron chi connectivity index (χ3n) is 4.73. The smallest absolute Gasteiger partial charge is 0.261 e. The van der Waals surface area contributed by atoms with Gasteiger partial charge in [-0.15, -0.1) is 0 Å². The van der Waals surface area contributed by atoms with Gasteiger partial charge in [-0.3, -0.25) is 9.59 Å². The lowest BCUT2D eigenvalue weighted by molar-refractivity contribution is -0.142. The Morgan fingerprint density at radius 3 is 2.33 bits per heavy atom. The number of nitrogens with one attached hydrogen (secondary N) is 1. The molecule has 2 aromatic rings. The summed E-state index contributed by atoms with van der Waals surface area (Å²) in [6, 6.07) is 16.3. The van der Waals surface area contributed by atoms with Crippen molar-refractivity contribution in [3.05, 3.63) is 65.2 Å². The first-order valence-corrected chi connectivity index (χ1v) is 10.8. The van der Waals surface area contributed by atoms with Crippen LogP contribution in [0.15, 0.2) is 54.6 Å². The van der Waals surface area contributed by atoms with E-state index in [0.717, 1.165) is 5.56 Å². The van der Waals surface area contributed by atoms with Gasteiger partial charge in [0, 0.05) is 18.1 Å². The van der Waals surface area contributed by atoms with Gasteiger partial charge in [-0.1, -0.05) is 62.7 Å². The Kier molecular flexibility index (Phi) is 9.68. The van der Waals surface area contributed by atoms with Crippen molar-refractivity contribution in [3.63, 3.8) is 0 Å². The zero-order valence-electron chi connectivity index (χ0n) is 17.9. The summed E-state index contributed by atoms with van der Waals surface area (Å²) >= 11 is 5.90. The molecule has 1 atom stereocenters. The molecular formula is C24H31ClN2O3. The monoisotopic (exact) mass is 430 g/mol. The van der Waals surface area contributed by atoms with Crippen LogP contribution in [-0.4, -0.2) is 42.5 Å². The van der Waals surface area contributed by atoms with E-state index in [2.05, 4.69) is 5.32 Å². The van der Waals surface area contributed by atoms with Crippen LogP contribution in [0.25, 0.3) is 0 Å². The summed E-state index contributed by atoms with van der Waals surface area (Å²) < 4.78 is 5.65. The van der Waals surface area contributed by atoms with E-state index in [9.17, 15) is 9.59 Å². The van der Waals surface area contributed by atoms with Crippen LogP contribution in [0.3, 0.4) is 0 Å². The molecule has 0 fully saturated rings. The van der Waals surface area contributed by atoms with Gasteiger partial charge in [-0.2, -0.15) is 0 Å². The van der Waals surface area contributed by atoms with Gasteiger partial charge in [-0.05, 0) is 48.6 Å². The van der Waals surface area contributed by atoms with Gasteiger partial charge in [0.25, 0.3) is 5.91 Å². The van der Waals surface area contributed by atoms with Crippen molar-refractivity contribution < 1.29 is 14.3 Å². The summed E-state index contributed by atoms with van der Waals surface area (Å²) in [6.07, 6.45) is 1.20. The fourth-order valence-electron chi connectivity index (χ4n) is 3.08. The van der Waals surface area contributed by atoms with Crippen molar-refractivity contribution in [3.8, 4) is 5.75 Å². The summed E-state index contributed by atoms with van der Waals surface area (Å²) in [5.41, 5.74) is 1.12. The lowest BCUT2D eigenvalue weighted by atomic mass is 10.1. The second-order valence-electron chi connectivity index (χ2n) is 7.63. The highest BCUT2D eigenvalue weighted by molar-refractivity contribution is 6.30. The number of ether oxygens (including phenoxy) is 1. The SMILES string of the molecule is CC[C@H](C(=O)NCC(C)C)N(CCc1ccccc1)C(=O)COc1ccc(Cl)cc1. The van der Waals surface area contributed by atoms with Crippen LogP contribution in [0.5, 0.6) is 5.75 Å². The van der Waals surface area contributed by atoms with Gasteiger partial charge >= 0.3 is 0 Å². The first-order valence-electron chi connectivity index (χ1n) is 10.4. The molecule has 1 N–H and O–H groups in total. The third kappa shape index (κ3) is 7.71. The molecule has 0 spiro atoms. The van der Waals surface area contributed by atoms with E-state index in [1.54, 1.807) is 29.2 Å². The van der Waals surface area contributed by atoms with E-state index in [4.69, 9.17) is 16.3 Å². The van der Waals surface area contributed by atoms with E-state index in [1.807, 2.05) is 51.1 Å². The zero-order valence-corrected chi connectivity index (χ0v) is 18.7. The Bertz CT molecular complexity index is 794. The van der Waals surface area contributed by atoms with Gasteiger partial charge in [0.05, 0.1) is 0 Å². The van der Waals surface area contributed by atoms with Crippen LogP contribution >= 0.6 is 11.6 Å². The quantitative estimate of drug-likeness (QED) is 0.576. The molecule has 0 radical (unpaired) electrons. The molecule has 0 unspecified atom stereocenters. The van der Waals surface area contributed by atoms with E-state index < -0.39 is 6.04 Å². The Hall–Kier alpha value is -2.53. The average molecular weight is 431 g/mol. The first-order chi connectivity index (χ1) is 14.4. The van der Waals surface area contributed by atoms with Gasteiger partial charge in [0.15, 0.2) is 6.61 Å². The molecule has 0 saturated carbocycles. The highest BCUT2D eigenvalue weighted by Crippen LogP contribution is 2.16. The summed E-state index contributed by atoms with van der Waals surface area (Å²) in [7, 11) is 0. The predicted molar refractivity (Wildman–Crippen MR) is 121 cm³/mol. The second-order valence-corrected chi connectivity index (χ2v) is 8.06. The molecular weight excluding hydrogens is 400 g/mol. The van der Waals surface area contributed by atoms with Crippen molar-refractivity contribution in [2.45, 2.75) is 39.7 Å². The van der Waals surface area contributed by atoms with Gasteiger partial charge in [-0.25, -0.2) is 0 Å². The zero-order chi connectivity index (χ0) is 21.9. The highest BCUT2D eigenvalue weighted by atomic mass is 35.5. The Morgan fingerprint density at radius 2 is 1.73 bits per heavy atom. The van der Waals surface area contributed by atoms with Crippen LogP contribution in [0.2, 0.25) is 5.02 Å². The van der Waals surface area contributed by atoms with Crippen molar-refractivity contribution in [2.24, 2.45) is 5.92 Å². The number of carbonyl (C=O) groups is 2. The molecule has 0 aromatic heterocycles. The Labute approximate surface area is 184 Å². The van der Waals surface area contributed by atoms with Gasteiger partial charge < -0.3 is 15.0 Å². The number of carbonyl (C=O) groups excluding carboxylic acids is 2. The molecule has 2 amide bonds. The lowest BCUT2D eigenvalue weighted by Crippen LogP contribution is -2.51. The minimum Gasteiger partial charge on any atom is -0.484 e. The molecule has 0 aliphatic heterocycles. The Morgan fingerprint density at radius 1 is 1.07 bits per heavy atom. The number of nitrogens with zero attached hydrogens (tertiary/aromatic N) is 1. The summed E-state index contributed by atoms with van der Waals surface area (Å²) in [6.45, 7) is 6.89. The molecule has 0 heterocycles. The second kappa shape index (κ2) is 12.2. The van der Waals surface area contributed by atoms with Crippen molar-refractivity contribution in [1.82, 2.24) is 10.2 Å². The van der Waals surface area contributed by atoms with Crippen LogP contribution < -0.4 is 10.1 Å². The van der Waals surface area contributed by atoms with E-state index in [1.165, 1.54) is 0 Å². The normalized spacial score (nSPS) is 11.8. The molecule has 0 saturated heterocycles. The van der Waals surface area contributed by atoms with Crippen molar-refractivity contribution >= 4 is 23.4 Å². The highest BCUT2D eigenvalue weighted by Gasteiger charge is 2.28. The summed E-state index contributed by atoms with van der Waals surface area (Å²) in [5.74, 6) is 0.563. The maximum absolute atomic E-state index is 13.0. The average Bonchev–Trinajstić information content (AvgIpc) is 2.75. The predicted octanol–water partition coefficient (Wildman–Crippen LogP) is 4.34. The number of hydrogen-bond donors (Lipinski definition) is 1. The van der Waals surface area contributed by atoms with Crippen LogP contribution in [0, 0.1) is 5.92 Å².